The largest absolute Gasteiger partial charge is 0.191 e. The van der Waals surface area contributed by atoms with Gasteiger partial charge in [-0.05, 0) is 25.7 Å². The van der Waals surface area contributed by atoms with E-state index in [2.05, 4.69) is 37.9 Å². The second-order valence-corrected chi connectivity index (χ2v) is 3.17. The Labute approximate surface area is 76.5 Å². The standard InChI is InChI=1S/C10H22N2/c1-5-9(6-2)11-12-10(7-3)8-4/h9-10H,5-8H2,1-4H3. The summed E-state index contributed by atoms with van der Waals surface area (Å²) in [5.41, 5.74) is 0. The Morgan fingerprint density at radius 3 is 1.08 bits per heavy atom. The third kappa shape index (κ3) is 4.47. The Balaban J connectivity index is 3.83. The van der Waals surface area contributed by atoms with Gasteiger partial charge in [-0.2, -0.15) is 10.2 Å². The second-order valence-electron chi connectivity index (χ2n) is 3.17. The molecule has 0 unspecified atom stereocenters. The Morgan fingerprint density at radius 1 is 0.667 bits per heavy atom. The molecule has 0 bridgehead atoms. The number of nitrogens with zero attached hydrogens (tertiary/aromatic N) is 2. The maximum absolute atomic E-state index is 4.33. The quantitative estimate of drug-likeness (QED) is 0.541. The molecule has 0 aliphatic carbocycles. The van der Waals surface area contributed by atoms with Crippen molar-refractivity contribution < 1.29 is 0 Å². The molecule has 0 saturated carbocycles. The van der Waals surface area contributed by atoms with Gasteiger partial charge < -0.3 is 0 Å². The average Bonchev–Trinajstić information content (AvgIpc) is 2.13. The molecule has 72 valence electrons. The number of rotatable bonds is 6. The Morgan fingerprint density at radius 2 is 0.917 bits per heavy atom. The molecule has 0 heterocycles. The van der Waals surface area contributed by atoms with Gasteiger partial charge in [0.15, 0.2) is 0 Å². The topological polar surface area (TPSA) is 24.7 Å². The monoisotopic (exact) mass is 170 g/mol. The molecule has 0 aromatic carbocycles. The van der Waals surface area contributed by atoms with E-state index >= 15 is 0 Å². The first-order valence-electron chi connectivity index (χ1n) is 5.18. The fraction of sp³-hybridized carbons (Fsp3) is 1.00. The summed E-state index contributed by atoms with van der Waals surface area (Å²) in [6.45, 7) is 8.67. The zero-order chi connectivity index (χ0) is 9.40. The molecule has 0 spiro atoms. The maximum Gasteiger partial charge on any atom is 0.0703 e. The molecule has 0 saturated heterocycles. The van der Waals surface area contributed by atoms with Gasteiger partial charge in [0.05, 0.1) is 12.1 Å². The van der Waals surface area contributed by atoms with Gasteiger partial charge in [-0.3, -0.25) is 0 Å². The first kappa shape index (κ1) is 11.6. The van der Waals surface area contributed by atoms with Crippen LogP contribution in [-0.2, 0) is 0 Å². The minimum Gasteiger partial charge on any atom is -0.191 e. The van der Waals surface area contributed by atoms with Crippen molar-refractivity contribution in [3.63, 3.8) is 0 Å². The highest BCUT2D eigenvalue weighted by Crippen LogP contribution is 2.08. The van der Waals surface area contributed by atoms with Crippen molar-refractivity contribution in [3.8, 4) is 0 Å². The summed E-state index contributed by atoms with van der Waals surface area (Å²) in [5.74, 6) is 0. The fourth-order valence-corrected chi connectivity index (χ4v) is 1.09. The van der Waals surface area contributed by atoms with Gasteiger partial charge >= 0.3 is 0 Å². The second kappa shape index (κ2) is 7.26. The van der Waals surface area contributed by atoms with Gasteiger partial charge in [-0.15, -0.1) is 0 Å². The van der Waals surface area contributed by atoms with Crippen molar-refractivity contribution in [3.05, 3.63) is 0 Å². The molecular weight excluding hydrogens is 148 g/mol. The van der Waals surface area contributed by atoms with Crippen molar-refractivity contribution >= 4 is 0 Å². The highest BCUT2D eigenvalue weighted by molar-refractivity contribution is 4.63. The summed E-state index contributed by atoms with van der Waals surface area (Å²) in [6, 6.07) is 0.899. The van der Waals surface area contributed by atoms with E-state index in [4.69, 9.17) is 0 Å². The molecule has 0 aromatic rings. The molecule has 2 nitrogen and oxygen atoms in total. The van der Waals surface area contributed by atoms with Gasteiger partial charge in [-0.25, -0.2) is 0 Å². The first-order valence-corrected chi connectivity index (χ1v) is 5.18. The van der Waals surface area contributed by atoms with Gasteiger partial charge in [0.2, 0.25) is 0 Å². The van der Waals surface area contributed by atoms with E-state index in [1.54, 1.807) is 0 Å². The van der Waals surface area contributed by atoms with Gasteiger partial charge in [0.1, 0.15) is 0 Å². The molecule has 12 heavy (non-hydrogen) atoms. The normalized spacial score (nSPS) is 12.2. The van der Waals surface area contributed by atoms with Crippen molar-refractivity contribution in [2.45, 2.75) is 65.5 Å². The van der Waals surface area contributed by atoms with Crippen LogP contribution in [0.5, 0.6) is 0 Å². The van der Waals surface area contributed by atoms with E-state index in [1.807, 2.05) is 0 Å². The van der Waals surface area contributed by atoms with Gasteiger partial charge in [0, 0.05) is 0 Å². The van der Waals surface area contributed by atoms with Crippen LogP contribution < -0.4 is 0 Å². The number of hydrogen-bond donors (Lipinski definition) is 0. The van der Waals surface area contributed by atoms with Crippen molar-refractivity contribution in [1.29, 1.82) is 0 Å². The molecule has 0 amide bonds. The summed E-state index contributed by atoms with van der Waals surface area (Å²) in [5, 5.41) is 8.66. The lowest BCUT2D eigenvalue weighted by atomic mass is 10.2. The van der Waals surface area contributed by atoms with Gasteiger partial charge in [-0.1, -0.05) is 27.7 Å². The average molecular weight is 170 g/mol. The smallest absolute Gasteiger partial charge is 0.0703 e. The van der Waals surface area contributed by atoms with E-state index in [9.17, 15) is 0 Å². The molecule has 0 N–H and O–H groups in total. The van der Waals surface area contributed by atoms with Crippen LogP contribution in [-0.4, -0.2) is 12.1 Å². The van der Waals surface area contributed by atoms with Crippen LogP contribution in [0.25, 0.3) is 0 Å². The number of azo groups is 1. The Kier molecular flexibility index (Phi) is 7.02. The SMILES string of the molecule is CCC(CC)N=NC(CC)CC. The Hall–Kier alpha value is -0.400. The van der Waals surface area contributed by atoms with Crippen LogP contribution in [0.1, 0.15) is 53.4 Å². The third-order valence-corrected chi connectivity index (χ3v) is 2.28. The van der Waals surface area contributed by atoms with E-state index in [0.29, 0.717) is 12.1 Å². The van der Waals surface area contributed by atoms with Crippen molar-refractivity contribution in [1.82, 2.24) is 0 Å². The van der Waals surface area contributed by atoms with Crippen molar-refractivity contribution in [2.24, 2.45) is 10.2 Å². The van der Waals surface area contributed by atoms with E-state index in [-0.39, 0.29) is 0 Å². The summed E-state index contributed by atoms with van der Waals surface area (Å²) < 4.78 is 0. The summed E-state index contributed by atoms with van der Waals surface area (Å²) in [6.07, 6.45) is 4.45. The maximum atomic E-state index is 4.33. The Bertz CT molecular complexity index is 99.0. The zero-order valence-corrected chi connectivity index (χ0v) is 8.88. The first-order chi connectivity index (χ1) is 5.78. The fourth-order valence-electron chi connectivity index (χ4n) is 1.09. The van der Waals surface area contributed by atoms with Crippen LogP contribution in [0.4, 0.5) is 0 Å². The molecule has 0 rings (SSSR count). The minimum absolute atomic E-state index is 0.450. The predicted molar refractivity (Wildman–Crippen MR) is 53.6 cm³/mol. The molecule has 0 aliphatic heterocycles. The third-order valence-electron chi connectivity index (χ3n) is 2.28. The van der Waals surface area contributed by atoms with Crippen molar-refractivity contribution in [2.75, 3.05) is 0 Å². The minimum atomic E-state index is 0.450. The van der Waals surface area contributed by atoms with Crippen LogP contribution in [0.3, 0.4) is 0 Å². The van der Waals surface area contributed by atoms with Crippen LogP contribution in [0.15, 0.2) is 10.2 Å². The highest BCUT2D eigenvalue weighted by Gasteiger charge is 2.02. The van der Waals surface area contributed by atoms with E-state index in [0.717, 1.165) is 25.7 Å². The van der Waals surface area contributed by atoms with Crippen LogP contribution in [0.2, 0.25) is 0 Å². The van der Waals surface area contributed by atoms with E-state index < -0.39 is 0 Å². The lowest BCUT2D eigenvalue weighted by molar-refractivity contribution is 0.530. The molecule has 0 radical (unpaired) electrons. The molecule has 2 heteroatoms. The van der Waals surface area contributed by atoms with Crippen LogP contribution >= 0.6 is 0 Å². The lowest BCUT2D eigenvalue weighted by Gasteiger charge is -2.07. The van der Waals surface area contributed by atoms with Crippen LogP contribution in [0, 0.1) is 0 Å². The summed E-state index contributed by atoms with van der Waals surface area (Å²) >= 11 is 0. The highest BCUT2D eigenvalue weighted by atomic mass is 15.1. The summed E-state index contributed by atoms with van der Waals surface area (Å²) in [4.78, 5) is 0. The molecule has 0 fully saturated rings. The van der Waals surface area contributed by atoms with Gasteiger partial charge in [0.25, 0.3) is 0 Å². The summed E-state index contributed by atoms with van der Waals surface area (Å²) in [7, 11) is 0. The lowest BCUT2D eigenvalue weighted by Crippen LogP contribution is -2.03. The zero-order valence-electron chi connectivity index (χ0n) is 8.88. The molecule has 0 aliphatic rings. The number of hydrogen-bond acceptors (Lipinski definition) is 2. The molecule has 0 atom stereocenters. The molecular formula is C10H22N2. The predicted octanol–water partition coefficient (Wildman–Crippen LogP) is 3.82. The molecule has 0 aromatic heterocycles. The van der Waals surface area contributed by atoms with E-state index in [1.165, 1.54) is 0 Å².